The summed E-state index contributed by atoms with van der Waals surface area (Å²) < 4.78 is 25.6. The molecule has 70 valence electrons. The molecule has 0 atom stereocenters. The van der Waals surface area contributed by atoms with Gasteiger partial charge in [-0.25, -0.2) is 4.79 Å². The van der Waals surface area contributed by atoms with Crippen LogP contribution in [-0.2, 0) is 4.79 Å². The number of alkyl halides is 2. The van der Waals surface area contributed by atoms with Gasteiger partial charge in [-0.2, -0.15) is 8.78 Å². The summed E-state index contributed by atoms with van der Waals surface area (Å²) in [6.45, 7) is 0.959. The minimum Gasteiger partial charge on any atom is -0.477 e. The van der Waals surface area contributed by atoms with Crippen molar-refractivity contribution >= 4 is 5.97 Å². The first-order valence-corrected chi connectivity index (χ1v) is 3.87. The largest absolute Gasteiger partial charge is 0.477 e. The number of nitrogens with one attached hydrogen (secondary N) is 1. The van der Waals surface area contributed by atoms with E-state index in [4.69, 9.17) is 5.11 Å². The minimum atomic E-state index is -3.55. The summed E-state index contributed by atoms with van der Waals surface area (Å²) in [7, 11) is 0. The molecule has 0 aromatic heterocycles. The van der Waals surface area contributed by atoms with E-state index in [2.05, 4.69) is 5.32 Å². The molecule has 1 heterocycles. The van der Waals surface area contributed by atoms with Gasteiger partial charge in [0.1, 0.15) is 0 Å². The number of halogens is 2. The molecule has 0 unspecified atom stereocenters. The Labute approximate surface area is 68.8 Å². The molecule has 0 bridgehead atoms. The number of piperidine rings is 1. The van der Waals surface area contributed by atoms with Gasteiger partial charge in [-0.1, -0.05) is 0 Å². The highest BCUT2D eigenvalue weighted by molar-refractivity contribution is 5.75. The third-order valence-corrected chi connectivity index (χ3v) is 2.14. The highest BCUT2D eigenvalue weighted by Gasteiger charge is 2.47. The fraction of sp³-hybridized carbons (Fsp3) is 0.857. The van der Waals surface area contributed by atoms with Gasteiger partial charge in [-0.05, 0) is 25.9 Å². The molecule has 1 fully saturated rings. The predicted octanol–water partition coefficient (Wildman–Crippen LogP) is 0.706. The first-order chi connectivity index (χ1) is 5.55. The molecule has 0 aromatic carbocycles. The zero-order chi connectivity index (χ0) is 9.19. The lowest BCUT2D eigenvalue weighted by Gasteiger charge is -2.27. The van der Waals surface area contributed by atoms with Crippen LogP contribution in [0.4, 0.5) is 8.78 Å². The molecular weight excluding hydrogens is 168 g/mol. The van der Waals surface area contributed by atoms with Crippen LogP contribution in [-0.4, -0.2) is 30.1 Å². The van der Waals surface area contributed by atoms with E-state index in [9.17, 15) is 13.6 Å². The Morgan fingerprint density at radius 1 is 1.42 bits per heavy atom. The van der Waals surface area contributed by atoms with E-state index in [0.717, 1.165) is 0 Å². The number of aliphatic carboxylic acids is 1. The lowest BCUT2D eigenvalue weighted by molar-refractivity contribution is -0.174. The van der Waals surface area contributed by atoms with Crippen LogP contribution in [0.5, 0.6) is 0 Å². The summed E-state index contributed by atoms with van der Waals surface area (Å²) in [4.78, 5) is 10.1. The van der Waals surface area contributed by atoms with Crippen molar-refractivity contribution in [3.63, 3.8) is 0 Å². The van der Waals surface area contributed by atoms with E-state index < -0.39 is 17.8 Å². The summed E-state index contributed by atoms with van der Waals surface area (Å²) in [5, 5.41) is 11.1. The molecule has 12 heavy (non-hydrogen) atoms. The lowest BCUT2D eigenvalue weighted by Crippen LogP contribution is -2.43. The van der Waals surface area contributed by atoms with Crippen molar-refractivity contribution in [1.82, 2.24) is 5.32 Å². The van der Waals surface area contributed by atoms with Crippen molar-refractivity contribution in [1.29, 1.82) is 0 Å². The number of rotatable bonds is 2. The van der Waals surface area contributed by atoms with Crippen LogP contribution in [0.1, 0.15) is 12.8 Å². The summed E-state index contributed by atoms with van der Waals surface area (Å²) in [5.41, 5.74) is 0. The van der Waals surface area contributed by atoms with Crippen LogP contribution in [0.25, 0.3) is 0 Å². The maximum Gasteiger partial charge on any atom is 0.374 e. The van der Waals surface area contributed by atoms with E-state index in [1.54, 1.807) is 0 Å². The van der Waals surface area contributed by atoms with E-state index in [1.807, 2.05) is 0 Å². The SMILES string of the molecule is O=C(O)C(F)(F)C1CCNCC1. The molecule has 1 rings (SSSR count). The first-order valence-electron chi connectivity index (χ1n) is 3.87. The Balaban J connectivity index is 2.59. The van der Waals surface area contributed by atoms with Gasteiger partial charge in [0, 0.05) is 5.92 Å². The number of carbonyl (C=O) groups is 1. The monoisotopic (exact) mass is 179 g/mol. The van der Waals surface area contributed by atoms with Crippen molar-refractivity contribution in [3.8, 4) is 0 Å². The molecule has 0 saturated carbocycles. The zero-order valence-electron chi connectivity index (χ0n) is 6.52. The van der Waals surface area contributed by atoms with Crippen LogP contribution < -0.4 is 5.32 Å². The third kappa shape index (κ3) is 1.72. The van der Waals surface area contributed by atoms with E-state index in [-0.39, 0.29) is 12.8 Å². The van der Waals surface area contributed by atoms with Crippen LogP contribution in [0.2, 0.25) is 0 Å². The van der Waals surface area contributed by atoms with Gasteiger partial charge in [0.05, 0.1) is 0 Å². The highest BCUT2D eigenvalue weighted by Crippen LogP contribution is 2.31. The molecular formula is C7H11F2NO2. The first kappa shape index (κ1) is 9.38. The van der Waals surface area contributed by atoms with Gasteiger partial charge in [-0.3, -0.25) is 0 Å². The highest BCUT2D eigenvalue weighted by atomic mass is 19.3. The second kappa shape index (κ2) is 3.35. The van der Waals surface area contributed by atoms with Gasteiger partial charge in [-0.15, -0.1) is 0 Å². The summed E-state index contributed by atoms with van der Waals surface area (Å²) in [6, 6.07) is 0. The smallest absolute Gasteiger partial charge is 0.374 e. The van der Waals surface area contributed by atoms with Gasteiger partial charge < -0.3 is 10.4 Å². The molecule has 1 aliphatic heterocycles. The second-order valence-corrected chi connectivity index (χ2v) is 2.95. The lowest BCUT2D eigenvalue weighted by atomic mass is 9.91. The quantitative estimate of drug-likeness (QED) is 0.656. The average Bonchev–Trinajstić information content (AvgIpc) is 2.06. The fourth-order valence-electron chi connectivity index (χ4n) is 1.36. The molecule has 1 saturated heterocycles. The van der Waals surface area contributed by atoms with E-state index in [1.165, 1.54) is 0 Å². The Bertz CT molecular complexity index is 178. The number of carboxylic acid groups (broad SMARTS) is 1. The molecule has 0 radical (unpaired) electrons. The number of carboxylic acids is 1. The molecule has 0 spiro atoms. The van der Waals surface area contributed by atoms with Crippen molar-refractivity contribution in [3.05, 3.63) is 0 Å². The normalized spacial score (nSPS) is 20.8. The van der Waals surface area contributed by atoms with Crippen molar-refractivity contribution in [2.45, 2.75) is 18.8 Å². The molecule has 5 heteroatoms. The maximum atomic E-state index is 12.8. The van der Waals surface area contributed by atoms with Crippen LogP contribution in [0, 0.1) is 5.92 Å². The molecule has 3 nitrogen and oxygen atoms in total. The number of hydrogen-bond acceptors (Lipinski definition) is 2. The standard InChI is InChI=1S/C7H11F2NO2/c8-7(9,6(11)12)5-1-3-10-4-2-5/h5,10H,1-4H2,(H,11,12). The topological polar surface area (TPSA) is 49.3 Å². The Kier molecular flexibility index (Phi) is 2.62. The van der Waals surface area contributed by atoms with E-state index >= 15 is 0 Å². The maximum absolute atomic E-state index is 12.8. The molecule has 2 N–H and O–H groups in total. The van der Waals surface area contributed by atoms with Gasteiger partial charge >= 0.3 is 11.9 Å². The van der Waals surface area contributed by atoms with Gasteiger partial charge in [0.2, 0.25) is 0 Å². The summed E-state index contributed by atoms with van der Waals surface area (Å²) >= 11 is 0. The second-order valence-electron chi connectivity index (χ2n) is 2.95. The van der Waals surface area contributed by atoms with Crippen molar-refractivity contribution in [2.75, 3.05) is 13.1 Å². The zero-order valence-corrected chi connectivity index (χ0v) is 6.52. The Morgan fingerprint density at radius 3 is 2.33 bits per heavy atom. The molecule has 0 amide bonds. The van der Waals surface area contributed by atoms with Gasteiger partial charge in [0.25, 0.3) is 0 Å². The predicted molar refractivity (Wildman–Crippen MR) is 38.2 cm³/mol. The minimum absolute atomic E-state index is 0.235. The summed E-state index contributed by atoms with van der Waals surface area (Å²) in [6.07, 6.45) is 0.471. The number of hydrogen-bond donors (Lipinski definition) is 2. The Morgan fingerprint density at radius 2 is 1.92 bits per heavy atom. The summed E-state index contributed by atoms with van der Waals surface area (Å²) in [5.74, 6) is -6.56. The molecule has 1 aliphatic rings. The van der Waals surface area contributed by atoms with E-state index in [0.29, 0.717) is 13.1 Å². The third-order valence-electron chi connectivity index (χ3n) is 2.14. The van der Waals surface area contributed by atoms with Crippen LogP contribution >= 0.6 is 0 Å². The van der Waals surface area contributed by atoms with Crippen LogP contribution in [0.15, 0.2) is 0 Å². The Hall–Kier alpha value is -0.710. The van der Waals surface area contributed by atoms with Gasteiger partial charge in [0.15, 0.2) is 0 Å². The average molecular weight is 179 g/mol. The molecule has 0 aliphatic carbocycles. The van der Waals surface area contributed by atoms with Crippen molar-refractivity contribution < 1.29 is 18.7 Å². The molecule has 0 aromatic rings. The van der Waals surface area contributed by atoms with Crippen LogP contribution in [0.3, 0.4) is 0 Å². The van der Waals surface area contributed by atoms with Crippen molar-refractivity contribution in [2.24, 2.45) is 5.92 Å². The fourth-order valence-corrected chi connectivity index (χ4v) is 1.36.